The number of nitriles is 1. The normalized spacial score (nSPS) is 9.31. The molecule has 0 radical (unpaired) electrons. The maximum Gasteiger partial charge on any atom is 0.273 e. The molecule has 0 aliphatic heterocycles. The molecule has 0 amide bonds. The first-order valence-electron chi connectivity index (χ1n) is 3.41. The number of nitro benzene ring substituents is 1. The van der Waals surface area contributed by atoms with Crippen LogP contribution in [0.4, 0.5) is 10.1 Å². The monoisotopic (exact) mass is 180 g/mol. The van der Waals surface area contributed by atoms with E-state index in [-0.39, 0.29) is 16.8 Å². The number of halogens is 1. The van der Waals surface area contributed by atoms with Gasteiger partial charge in [-0.15, -0.1) is 0 Å². The minimum absolute atomic E-state index is 0.210. The minimum Gasteiger partial charge on any atom is -0.258 e. The van der Waals surface area contributed by atoms with Crippen LogP contribution in [0.2, 0.25) is 0 Å². The van der Waals surface area contributed by atoms with Crippen LogP contribution in [-0.4, -0.2) is 4.92 Å². The highest BCUT2D eigenvalue weighted by Gasteiger charge is 2.14. The highest BCUT2D eigenvalue weighted by atomic mass is 19.1. The maximum absolute atomic E-state index is 12.8. The van der Waals surface area contributed by atoms with E-state index in [1.54, 1.807) is 0 Å². The van der Waals surface area contributed by atoms with Gasteiger partial charge >= 0.3 is 0 Å². The molecule has 0 heterocycles. The van der Waals surface area contributed by atoms with Crippen LogP contribution in [0.15, 0.2) is 12.1 Å². The average molecular weight is 180 g/mol. The van der Waals surface area contributed by atoms with Crippen molar-refractivity contribution in [3.8, 4) is 6.07 Å². The molecule has 0 saturated carbocycles. The van der Waals surface area contributed by atoms with E-state index in [9.17, 15) is 14.5 Å². The molecule has 0 spiro atoms. The van der Waals surface area contributed by atoms with Crippen molar-refractivity contribution in [3.05, 3.63) is 39.2 Å². The van der Waals surface area contributed by atoms with E-state index in [2.05, 4.69) is 0 Å². The van der Waals surface area contributed by atoms with Crippen molar-refractivity contribution in [3.63, 3.8) is 0 Å². The molecular weight excluding hydrogens is 175 g/mol. The van der Waals surface area contributed by atoms with Crippen LogP contribution in [0.3, 0.4) is 0 Å². The molecule has 0 aliphatic rings. The second-order valence-corrected chi connectivity index (χ2v) is 2.49. The maximum atomic E-state index is 12.8. The summed E-state index contributed by atoms with van der Waals surface area (Å²) >= 11 is 0. The van der Waals surface area contributed by atoms with E-state index in [1.165, 1.54) is 13.0 Å². The Morgan fingerprint density at radius 1 is 1.62 bits per heavy atom. The molecule has 5 heteroatoms. The molecule has 0 bridgehead atoms. The predicted octanol–water partition coefficient (Wildman–Crippen LogP) is 1.91. The molecule has 66 valence electrons. The van der Waals surface area contributed by atoms with Gasteiger partial charge in [0.25, 0.3) is 5.69 Å². The molecule has 0 fully saturated rings. The van der Waals surface area contributed by atoms with Crippen LogP contribution in [0.1, 0.15) is 11.1 Å². The van der Waals surface area contributed by atoms with Crippen molar-refractivity contribution in [2.45, 2.75) is 6.92 Å². The SMILES string of the molecule is Cc1cc(F)c(C#N)cc1[N+](=O)[O-]. The number of benzene rings is 1. The van der Waals surface area contributed by atoms with Crippen LogP contribution in [0.25, 0.3) is 0 Å². The van der Waals surface area contributed by atoms with E-state index in [0.29, 0.717) is 0 Å². The first kappa shape index (κ1) is 9.13. The van der Waals surface area contributed by atoms with Crippen LogP contribution < -0.4 is 0 Å². The van der Waals surface area contributed by atoms with Gasteiger partial charge in [-0.25, -0.2) is 4.39 Å². The van der Waals surface area contributed by atoms with Gasteiger partial charge in [0.05, 0.1) is 10.5 Å². The number of hydrogen-bond acceptors (Lipinski definition) is 3. The van der Waals surface area contributed by atoms with Crippen LogP contribution in [0, 0.1) is 34.2 Å². The first-order chi connectivity index (χ1) is 6.06. The van der Waals surface area contributed by atoms with Gasteiger partial charge in [0.15, 0.2) is 0 Å². The lowest BCUT2D eigenvalue weighted by Crippen LogP contribution is -1.94. The molecule has 1 aromatic rings. The molecule has 0 aromatic heterocycles. The van der Waals surface area contributed by atoms with Gasteiger partial charge in [0.1, 0.15) is 11.9 Å². The molecule has 1 aromatic carbocycles. The fourth-order valence-corrected chi connectivity index (χ4v) is 0.944. The van der Waals surface area contributed by atoms with Crippen molar-refractivity contribution < 1.29 is 9.31 Å². The highest BCUT2D eigenvalue weighted by Crippen LogP contribution is 2.21. The van der Waals surface area contributed by atoms with Gasteiger partial charge in [-0.2, -0.15) is 5.26 Å². The summed E-state index contributed by atoms with van der Waals surface area (Å²) in [6.45, 7) is 1.42. The van der Waals surface area contributed by atoms with Crippen LogP contribution in [-0.2, 0) is 0 Å². The van der Waals surface area contributed by atoms with Crippen molar-refractivity contribution >= 4 is 5.69 Å². The fraction of sp³-hybridized carbons (Fsp3) is 0.125. The summed E-state index contributed by atoms with van der Waals surface area (Å²) in [5.74, 6) is -0.731. The van der Waals surface area contributed by atoms with E-state index in [1.807, 2.05) is 0 Å². The van der Waals surface area contributed by atoms with Gasteiger partial charge in [0, 0.05) is 11.6 Å². The van der Waals surface area contributed by atoms with Gasteiger partial charge in [-0.1, -0.05) is 0 Å². The van der Waals surface area contributed by atoms with Gasteiger partial charge in [-0.05, 0) is 13.0 Å². The molecule has 13 heavy (non-hydrogen) atoms. The van der Waals surface area contributed by atoms with E-state index < -0.39 is 10.7 Å². The third kappa shape index (κ3) is 1.62. The van der Waals surface area contributed by atoms with Gasteiger partial charge in [-0.3, -0.25) is 10.1 Å². The lowest BCUT2D eigenvalue weighted by Gasteiger charge is -1.97. The topological polar surface area (TPSA) is 66.9 Å². The minimum atomic E-state index is -0.731. The second kappa shape index (κ2) is 3.19. The fourth-order valence-electron chi connectivity index (χ4n) is 0.944. The molecule has 1 rings (SSSR count). The summed E-state index contributed by atoms with van der Waals surface area (Å²) in [6, 6.07) is 3.46. The highest BCUT2D eigenvalue weighted by molar-refractivity contribution is 5.47. The molecule has 0 unspecified atom stereocenters. The number of hydrogen-bond donors (Lipinski definition) is 0. The molecular formula is C8H5FN2O2. The number of nitro groups is 1. The predicted molar refractivity (Wildman–Crippen MR) is 42.5 cm³/mol. The molecule has 0 N–H and O–H groups in total. The zero-order chi connectivity index (χ0) is 10.0. The summed E-state index contributed by atoms with van der Waals surface area (Å²) in [6.07, 6.45) is 0. The third-order valence-electron chi connectivity index (χ3n) is 1.60. The quantitative estimate of drug-likeness (QED) is 0.489. The Morgan fingerprint density at radius 3 is 2.69 bits per heavy atom. The Morgan fingerprint density at radius 2 is 2.23 bits per heavy atom. The van der Waals surface area contributed by atoms with E-state index in [0.717, 1.165) is 12.1 Å². The summed E-state index contributed by atoms with van der Waals surface area (Å²) in [4.78, 5) is 9.73. The summed E-state index contributed by atoms with van der Waals surface area (Å²) in [7, 11) is 0. The number of nitrogens with zero attached hydrogens (tertiary/aromatic N) is 2. The van der Waals surface area contributed by atoms with Crippen molar-refractivity contribution in [1.29, 1.82) is 5.26 Å². The van der Waals surface area contributed by atoms with Crippen LogP contribution >= 0.6 is 0 Å². The van der Waals surface area contributed by atoms with Crippen molar-refractivity contribution in [2.75, 3.05) is 0 Å². The first-order valence-corrected chi connectivity index (χ1v) is 3.41. The summed E-state index contributed by atoms with van der Waals surface area (Å²) < 4.78 is 12.8. The van der Waals surface area contributed by atoms with E-state index in [4.69, 9.17) is 5.26 Å². The summed E-state index contributed by atoms with van der Waals surface area (Å²) in [5.41, 5.74) is -0.336. The molecule has 4 nitrogen and oxygen atoms in total. The standard InChI is InChI=1S/C8H5FN2O2/c1-5-2-7(9)6(4-10)3-8(5)11(12)13/h2-3H,1H3. The Bertz CT molecular complexity index is 409. The largest absolute Gasteiger partial charge is 0.273 e. The van der Waals surface area contributed by atoms with Gasteiger partial charge < -0.3 is 0 Å². The zero-order valence-electron chi connectivity index (χ0n) is 6.74. The zero-order valence-corrected chi connectivity index (χ0v) is 6.74. The molecule has 0 aliphatic carbocycles. The van der Waals surface area contributed by atoms with Crippen LogP contribution in [0.5, 0.6) is 0 Å². The number of rotatable bonds is 1. The number of aryl methyl sites for hydroxylation is 1. The Balaban J connectivity index is 3.41. The summed E-state index contributed by atoms with van der Waals surface area (Å²) in [5, 5.41) is 18.8. The van der Waals surface area contributed by atoms with Crippen molar-refractivity contribution in [2.24, 2.45) is 0 Å². The Kier molecular flexibility index (Phi) is 2.24. The molecule has 0 saturated heterocycles. The van der Waals surface area contributed by atoms with Crippen molar-refractivity contribution in [1.82, 2.24) is 0 Å². The van der Waals surface area contributed by atoms with E-state index >= 15 is 0 Å². The smallest absolute Gasteiger partial charge is 0.258 e. The van der Waals surface area contributed by atoms with Gasteiger partial charge in [0.2, 0.25) is 0 Å². The molecule has 0 atom stereocenters. The Labute approximate surface area is 73.4 Å². The lowest BCUT2D eigenvalue weighted by atomic mass is 10.1. The third-order valence-corrected chi connectivity index (χ3v) is 1.60. The second-order valence-electron chi connectivity index (χ2n) is 2.49. The average Bonchev–Trinajstić information content (AvgIpc) is 2.03. The lowest BCUT2D eigenvalue weighted by molar-refractivity contribution is -0.385. The Hall–Kier alpha value is -1.96.